The monoisotopic (exact) mass is 211 g/mol. The molecule has 15 heavy (non-hydrogen) atoms. The molecule has 1 unspecified atom stereocenters. The maximum atomic E-state index is 11.6. The molecule has 0 saturated heterocycles. The van der Waals surface area contributed by atoms with Crippen molar-refractivity contribution in [1.29, 1.82) is 0 Å². The fraction of sp³-hybridized carbons (Fsp3) is 0.700. The Labute approximate surface area is 89.1 Å². The Morgan fingerprint density at radius 2 is 2.20 bits per heavy atom. The number of aliphatic hydroxyl groups is 1. The minimum Gasteiger partial charge on any atom is -0.385 e. The van der Waals surface area contributed by atoms with Gasteiger partial charge in [-0.25, -0.2) is 0 Å². The second kappa shape index (κ2) is 4.10. The number of carbonyl (C=O) groups is 1. The lowest BCUT2D eigenvalue weighted by atomic mass is 9.85. The van der Waals surface area contributed by atoms with Gasteiger partial charge >= 0.3 is 0 Å². The maximum absolute atomic E-state index is 11.6. The van der Waals surface area contributed by atoms with Gasteiger partial charge in [0, 0.05) is 13.2 Å². The van der Waals surface area contributed by atoms with Crippen LogP contribution in [0.1, 0.15) is 26.5 Å². The van der Waals surface area contributed by atoms with Crippen LogP contribution in [0.5, 0.6) is 0 Å². The van der Waals surface area contributed by atoms with Crippen LogP contribution in [0.25, 0.3) is 0 Å². The van der Waals surface area contributed by atoms with E-state index in [1.165, 1.54) is 4.68 Å². The normalized spacial score (nSPS) is 13.9. The van der Waals surface area contributed by atoms with Gasteiger partial charge in [0.05, 0.1) is 12.1 Å². The van der Waals surface area contributed by atoms with Crippen molar-refractivity contribution in [2.45, 2.75) is 33.3 Å². The molecule has 0 aromatic carbocycles. The van der Waals surface area contributed by atoms with E-state index >= 15 is 0 Å². The van der Waals surface area contributed by atoms with E-state index < -0.39 is 11.5 Å². The predicted molar refractivity (Wildman–Crippen MR) is 55.2 cm³/mol. The quantitative estimate of drug-likeness (QED) is 0.782. The van der Waals surface area contributed by atoms with Crippen molar-refractivity contribution in [2.75, 3.05) is 0 Å². The number of aromatic nitrogens is 3. The van der Waals surface area contributed by atoms with E-state index in [9.17, 15) is 9.90 Å². The molecular weight excluding hydrogens is 194 g/mol. The van der Waals surface area contributed by atoms with E-state index in [0.29, 0.717) is 5.69 Å². The second-order valence-corrected chi connectivity index (χ2v) is 4.80. The number of hydrogen-bond donors (Lipinski definition) is 1. The Balaban J connectivity index is 2.64. The molecule has 1 N–H and O–H groups in total. The average molecular weight is 211 g/mol. The van der Waals surface area contributed by atoms with Crippen LogP contribution in [0, 0.1) is 5.41 Å². The number of aryl methyl sites for hydroxylation is 1. The fourth-order valence-electron chi connectivity index (χ4n) is 1.23. The van der Waals surface area contributed by atoms with Crippen LogP contribution >= 0.6 is 0 Å². The van der Waals surface area contributed by atoms with Gasteiger partial charge in [-0.05, 0) is 5.41 Å². The lowest BCUT2D eigenvalue weighted by Gasteiger charge is -2.24. The number of ketones is 1. The standard InChI is InChI=1S/C10H17N3O2/c1-10(2,3)9(15)8(14)5-7-6-13(4)12-11-7/h6,9,15H,5H2,1-4H3. The Hall–Kier alpha value is -1.23. The van der Waals surface area contributed by atoms with Gasteiger partial charge in [-0.1, -0.05) is 26.0 Å². The largest absolute Gasteiger partial charge is 0.385 e. The highest BCUT2D eigenvalue weighted by atomic mass is 16.3. The first kappa shape index (κ1) is 11.8. The summed E-state index contributed by atoms with van der Waals surface area (Å²) >= 11 is 0. The third kappa shape index (κ3) is 3.13. The maximum Gasteiger partial charge on any atom is 0.167 e. The van der Waals surface area contributed by atoms with Gasteiger partial charge in [-0.2, -0.15) is 0 Å². The molecule has 0 aliphatic rings. The Morgan fingerprint density at radius 1 is 1.60 bits per heavy atom. The van der Waals surface area contributed by atoms with Gasteiger partial charge < -0.3 is 5.11 Å². The van der Waals surface area contributed by atoms with Crippen molar-refractivity contribution < 1.29 is 9.90 Å². The van der Waals surface area contributed by atoms with E-state index in [0.717, 1.165) is 0 Å². The molecule has 1 heterocycles. The van der Waals surface area contributed by atoms with Gasteiger partial charge in [-0.15, -0.1) is 5.10 Å². The van der Waals surface area contributed by atoms with Gasteiger partial charge in [0.1, 0.15) is 6.10 Å². The second-order valence-electron chi connectivity index (χ2n) is 4.80. The number of carbonyl (C=O) groups excluding carboxylic acids is 1. The molecule has 0 spiro atoms. The summed E-state index contributed by atoms with van der Waals surface area (Å²) in [4.78, 5) is 11.6. The molecule has 0 aliphatic heterocycles. The number of Topliss-reactive ketones (excluding diaryl/α,β-unsaturated/α-hetero) is 1. The summed E-state index contributed by atoms with van der Waals surface area (Å²) in [5.41, 5.74) is 0.157. The molecule has 0 bridgehead atoms. The lowest BCUT2D eigenvalue weighted by molar-refractivity contribution is -0.131. The molecule has 5 nitrogen and oxygen atoms in total. The zero-order valence-electron chi connectivity index (χ0n) is 9.56. The smallest absolute Gasteiger partial charge is 0.167 e. The first-order chi connectivity index (χ1) is 6.80. The van der Waals surface area contributed by atoms with Crippen molar-refractivity contribution in [3.8, 4) is 0 Å². The Morgan fingerprint density at radius 3 is 2.60 bits per heavy atom. The first-order valence-electron chi connectivity index (χ1n) is 4.86. The van der Waals surface area contributed by atoms with E-state index in [-0.39, 0.29) is 12.2 Å². The molecule has 1 aromatic rings. The zero-order chi connectivity index (χ0) is 11.6. The number of aliphatic hydroxyl groups excluding tert-OH is 1. The topological polar surface area (TPSA) is 68.0 Å². The molecule has 0 aliphatic carbocycles. The molecule has 0 saturated carbocycles. The highest BCUT2D eigenvalue weighted by Gasteiger charge is 2.29. The molecule has 0 fully saturated rings. The summed E-state index contributed by atoms with van der Waals surface area (Å²) < 4.78 is 1.53. The van der Waals surface area contributed by atoms with Crippen LogP contribution in [-0.2, 0) is 18.3 Å². The van der Waals surface area contributed by atoms with Crippen LogP contribution in [0.15, 0.2) is 6.20 Å². The van der Waals surface area contributed by atoms with Gasteiger partial charge in [0.15, 0.2) is 5.78 Å². The lowest BCUT2D eigenvalue weighted by Crippen LogP contribution is -2.35. The van der Waals surface area contributed by atoms with Crippen LogP contribution in [0.4, 0.5) is 0 Å². The fourth-order valence-corrected chi connectivity index (χ4v) is 1.23. The summed E-state index contributed by atoms with van der Waals surface area (Å²) in [6.07, 6.45) is 0.846. The molecule has 1 atom stereocenters. The number of nitrogens with zero attached hydrogens (tertiary/aromatic N) is 3. The minimum atomic E-state index is -0.959. The number of hydrogen-bond acceptors (Lipinski definition) is 4. The summed E-state index contributed by atoms with van der Waals surface area (Å²) in [7, 11) is 1.74. The van der Waals surface area contributed by atoms with Gasteiger partial charge in [-0.3, -0.25) is 9.48 Å². The third-order valence-corrected chi connectivity index (χ3v) is 2.13. The predicted octanol–water partition coefficient (Wildman–Crippen LogP) is 0.334. The molecule has 84 valence electrons. The van der Waals surface area contributed by atoms with E-state index in [2.05, 4.69) is 10.3 Å². The highest BCUT2D eigenvalue weighted by molar-refractivity contribution is 5.85. The SMILES string of the molecule is Cn1cc(CC(=O)C(O)C(C)(C)C)nn1. The van der Waals surface area contributed by atoms with Crippen LogP contribution < -0.4 is 0 Å². The summed E-state index contributed by atoms with van der Waals surface area (Å²) in [5, 5.41) is 17.2. The highest BCUT2D eigenvalue weighted by Crippen LogP contribution is 2.20. The molecule has 0 radical (unpaired) electrons. The van der Waals surface area contributed by atoms with Crippen LogP contribution in [0.3, 0.4) is 0 Å². The summed E-state index contributed by atoms with van der Waals surface area (Å²) in [5.74, 6) is -0.219. The van der Waals surface area contributed by atoms with Crippen LogP contribution in [0.2, 0.25) is 0 Å². The zero-order valence-corrected chi connectivity index (χ0v) is 9.56. The molecule has 1 aromatic heterocycles. The van der Waals surface area contributed by atoms with Gasteiger partial charge in [0.2, 0.25) is 0 Å². The Kier molecular flexibility index (Phi) is 3.24. The molecule has 1 rings (SSSR count). The summed E-state index contributed by atoms with van der Waals surface area (Å²) in [6.45, 7) is 5.48. The van der Waals surface area contributed by atoms with Crippen molar-refractivity contribution in [3.63, 3.8) is 0 Å². The number of rotatable bonds is 3. The van der Waals surface area contributed by atoms with Crippen molar-refractivity contribution >= 4 is 5.78 Å². The molecular formula is C10H17N3O2. The summed E-state index contributed by atoms with van der Waals surface area (Å²) in [6, 6.07) is 0. The van der Waals surface area contributed by atoms with Crippen LogP contribution in [-0.4, -0.2) is 32.0 Å². The Bertz CT molecular complexity index is 352. The van der Waals surface area contributed by atoms with E-state index in [1.807, 2.05) is 20.8 Å². The third-order valence-electron chi connectivity index (χ3n) is 2.13. The minimum absolute atomic E-state index is 0.131. The van der Waals surface area contributed by atoms with Crippen molar-refractivity contribution in [3.05, 3.63) is 11.9 Å². The molecule has 5 heteroatoms. The van der Waals surface area contributed by atoms with Crippen molar-refractivity contribution in [2.24, 2.45) is 12.5 Å². The van der Waals surface area contributed by atoms with E-state index in [4.69, 9.17) is 0 Å². The van der Waals surface area contributed by atoms with E-state index in [1.54, 1.807) is 13.2 Å². The van der Waals surface area contributed by atoms with Crippen molar-refractivity contribution in [1.82, 2.24) is 15.0 Å². The molecule has 0 amide bonds. The first-order valence-corrected chi connectivity index (χ1v) is 4.86. The average Bonchev–Trinajstić information content (AvgIpc) is 2.48. The van der Waals surface area contributed by atoms with Gasteiger partial charge in [0.25, 0.3) is 0 Å².